The molecule has 0 spiro atoms. The predicted molar refractivity (Wildman–Crippen MR) is 91.7 cm³/mol. The van der Waals surface area contributed by atoms with E-state index in [1.54, 1.807) is 45.8 Å². The fraction of sp³-hybridized carbons (Fsp3) is 0.529. The fourth-order valence-corrected chi connectivity index (χ4v) is 6.18. The summed E-state index contributed by atoms with van der Waals surface area (Å²) < 4.78 is 34.0. The highest BCUT2D eigenvalue weighted by Gasteiger charge is 2.48. The molecular formula is C17H22N4O3S. The van der Waals surface area contributed by atoms with Gasteiger partial charge in [0.2, 0.25) is 10.0 Å². The lowest BCUT2D eigenvalue weighted by Gasteiger charge is -2.37. The van der Waals surface area contributed by atoms with Crippen LogP contribution >= 0.6 is 0 Å². The molecule has 2 unspecified atom stereocenters. The molecule has 2 fully saturated rings. The van der Waals surface area contributed by atoms with Crippen LogP contribution in [0.25, 0.3) is 0 Å². The van der Waals surface area contributed by atoms with E-state index in [4.69, 9.17) is 4.74 Å². The first kappa shape index (κ1) is 16.5. The summed E-state index contributed by atoms with van der Waals surface area (Å²) in [5.74, 6) is 0.431. The fourth-order valence-electron chi connectivity index (χ4n) is 4.15. The number of para-hydroxylation sites is 1. The van der Waals surface area contributed by atoms with Crippen LogP contribution in [-0.2, 0) is 10.0 Å². The Morgan fingerprint density at radius 3 is 2.36 bits per heavy atom. The molecule has 0 N–H and O–H groups in total. The number of piperidine rings is 1. The third-order valence-electron chi connectivity index (χ3n) is 5.11. The van der Waals surface area contributed by atoms with Gasteiger partial charge in [0.25, 0.3) is 0 Å². The molecule has 25 heavy (non-hydrogen) atoms. The molecule has 4 rings (SSSR count). The third-order valence-corrected chi connectivity index (χ3v) is 7.15. The van der Waals surface area contributed by atoms with Gasteiger partial charge in [0.15, 0.2) is 0 Å². The molecule has 2 aliphatic rings. The molecule has 2 aromatic rings. The second kappa shape index (κ2) is 6.42. The Labute approximate surface area is 147 Å². The number of benzene rings is 1. The number of nitrogens with zero attached hydrogens (tertiary/aromatic N) is 4. The largest absolute Gasteiger partial charge is 0.492 e. The smallest absolute Gasteiger partial charge is 0.247 e. The quantitative estimate of drug-likeness (QED) is 0.815. The van der Waals surface area contributed by atoms with Crippen molar-refractivity contribution in [1.29, 1.82) is 0 Å². The number of sulfonamides is 1. The monoisotopic (exact) mass is 362 g/mol. The van der Waals surface area contributed by atoms with Gasteiger partial charge in [-0.15, -0.1) is 0 Å². The Kier molecular flexibility index (Phi) is 4.24. The molecule has 3 heterocycles. The summed E-state index contributed by atoms with van der Waals surface area (Å²) in [6.07, 6.45) is 6.62. The molecule has 1 aromatic carbocycles. The van der Waals surface area contributed by atoms with Crippen molar-refractivity contribution in [2.45, 2.75) is 55.6 Å². The van der Waals surface area contributed by atoms with E-state index in [0.29, 0.717) is 12.4 Å². The molecule has 0 aliphatic carbocycles. The van der Waals surface area contributed by atoms with Crippen LogP contribution in [0.5, 0.6) is 5.75 Å². The first-order valence-electron chi connectivity index (χ1n) is 8.72. The van der Waals surface area contributed by atoms with Gasteiger partial charge in [0, 0.05) is 12.1 Å². The zero-order valence-corrected chi connectivity index (χ0v) is 15.0. The zero-order chi connectivity index (χ0) is 17.4. The van der Waals surface area contributed by atoms with Gasteiger partial charge in [-0.3, -0.25) is 0 Å². The topological polar surface area (TPSA) is 77.3 Å². The van der Waals surface area contributed by atoms with Crippen molar-refractivity contribution >= 4 is 10.0 Å². The maximum Gasteiger partial charge on any atom is 0.247 e. The summed E-state index contributed by atoms with van der Waals surface area (Å²) in [5.41, 5.74) is 0. The standard InChI is InChI=1S/C17H22N4O3S/c1-2-24-16-5-3-4-6-17(16)25(22,23)20-13-7-8-14(20)12-15(11-13)21-18-9-10-19-21/h3-6,9-10,13-15H,2,7-8,11-12H2,1H3. The Bertz CT molecular complexity index is 823. The molecule has 1 aromatic heterocycles. The van der Waals surface area contributed by atoms with E-state index in [9.17, 15) is 8.42 Å². The van der Waals surface area contributed by atoms with Gasteiger partial charge in [-0.05, 0) is 44.7 Å². The van der Waals surface area contributed by atoms with E-state index < -0.39 is 10.0 Å². The van der Waals surface area contributed by atoms with Gasteiger partial charge in [0.1, 0.15) is 10.6 Å². The van der Waals surface area contributed by atoms with Crippen LogP contribution in [0.2, 0.25) is 0 Å². The summed E-state index contributed by atoms with van der Waals surface area (Å²) in [6.45, 7) is 2.29. The van der Waals surface area contributed by atoms with Crippen LogP contribution in [0.4, 0.5) is 0 Å². The Morgan fingerprint density at radius 1 is 1.08 bits per heavy atom. The van der Waals surface area contributed by atoms with E-state index in [1.165, 1.54) is 0 Å². The summed E-state index contributed by atoms with van der Waals surface area (Å²) in [6, 6.07) is 7.07. The van der Waals surface area contributed by atoms with Crippen LogP contribution < -0.4 is 4.74 Å². The van der Waals surface area contributed by atoms with Crippen molar-refractivity contribution in [2.75, 3.05) is 6.61 Å². The van der Waals surface area contributed by atoms with Crippen molar-refractivity contribution in [1.82, 2.24) is 19.3 Å². The van der Waals surface area contributed by atoms with Crippen molar-refractivity contribution < 1.29 is 13.2 Å². The van der Waals surface area contributed by atoms with E-state index in [0.717, 1.165) is 25.7 Å². The lowest BCUT2D eigenvalue weighted by molar-refractivity contribution is 0.174. The highest BCUT2D eigenvalue weighted by Crippen LogP contribution is 2.44. The normalized spacial score (nSPS) is 26.7. The molecule has 2 bridgehead atoms. The number of hydrogen-bond donors (Lipinski definition) is 0. The van der Waals surface area contributed by atoms with Crippen molar-refractivity contribution in [3.63, 3.8) is 0 Å². The summed E-state index contributed by atoms with van der Waals surface area (Å²) in [7, 11) is -3.58. The van der Waals surface area contributed by atoms with Gasteiger partial charge in [0.05, 0.1) is 25.0 Å². The minimum Gasteiger partial charge on any atom is -0.492 e. The highest BCUT2D eigenvalue weighted by molar-refractivity contribution is 7.89. The van der Waals surface area contributed by atoms with E-state index in [2.05, 4.69) is 10.2 Å². The van der Waals surface area contributed by atoms with Crippen molar-refractivity contribution in [3.05, 3.63) is 36.7 Å². The minimum absolute atomic E-state index is 0.00515. The predicted octanol–water partition coefficient (Wildman–Crippen LogP) is 2.23. The van der Waals surface area contributed by atoms with Crippen molar-refractivity contribution in [3.8, 4) is 5.75 Å². The zero-order valence-electron chi connectivity index (χ0n) is 14.2. The molecule has 0 saturated carbocycles. The maximum atomic E-state index is 13.3. The summed E-state index contributed by atoms with van der Waals surface area (Å²) in [5, 5.41) is 8.48. The maximum absolute atomic E-state index is 13.3. The SMILES string of the molecule is CCOc1ccccc1S(=O)(=O)N1C2CCC1CC(n1nccn1)C2. The second-order valence-corrected chi connectivity index (χ2v) is 8.39. The van der Waals surface area contributed by atoms with Crippen LogP contribution in [0.3, 0.4) is 0 Å². The Balaban J connectivity index is 1.64. The van der Waals surface area contributed by atoms with Gasteiger partial charge in [-0.25, -0.2) is 8.42 Å². The lowest BCUT2D eigenvalue weighted by atomic mass is 10.0. The first-order chi connectivity index (χ1) is 12.1. The molecule has 2 aliphatic heterocycles. The number of rotatable bonds is 5. The number of aromatic nitrogens is 3. The Morgan fingerprint density at radius 2 is 1.72 bits per heavy atom. The Hall–Kier alpha value is -1.93. The number of hydrogen-bond acceptors (Lipinski definition) is 5. The van der Waals surface area contributed by atoms with Crippen LogP contribution in [-0.4, -0.2) is 46.4 Å². The van der Waals surface area contributed by atoms with Crippen molar-refractivity contribution in [2.24, 2.45) is 0 Å². The highest BCUT2D eigenvalue weighted by atomic mass is 32.2. The number of ether oxygens (including phenoxy) is 1. The van der Waals surface area contributed by atoms with Gasteiger partial charge < -0.3 is 4.74 Å². The molecule has 134 valence electrons. The van der Waals surface area contributed by atoms with Gasteiger partial charge >= 0.3 is 0 Å². The molecule has 2 saturated heterocycles. The number of fused-ring (bicyclic) bond motifs is 2. The van der Waals surface area contributed by atoms with Crippen LogP contribution in [0, 0.1) is 0 Å². The molecule has 2 atom stereocenters. The van der Waals surface area contributed by atoms with Crippen LogP contribution in [0.15, 0.2) is 41.6 Å². The average Bonchev–Trinajstić information content (AvgIpc) is 3.23. The first-order valence-corrected chi connectivity index (χ1v) is 10.2. The van der Waals surface area contributed by atoms with Crippen LogP contribution in [0.1, 0.15) is 38.6 Å². The minimum atomic E-state index is -3.58. The molecule has 8 heteroatoms. The molecular weight excluding hydrogens is 340 g/mol. The van der Waals surface area contributed by atoms with E-state index in [1.807, 2.05) is 6.92 Å². The third kappa shape index (κ3) is 2.83. The second-order valence-electron chi connectivity index (χ2n) is 6.57. The average molecular weight is 362 g/mol. The molecule has 0 radical (unpaired) electrons. The lowest BCUT2D eigenvalue weighted by Crippen LogP contribution is -2.47. The van der Waals surface area contributed by atoms with E-state index in [-0.39, 0.29) is 23.0 Å². The van der Waals surface area contributed by atoms with Gasteiger partial charge in [-0.1, -0.05) is 12.1 Å². The summed E-state index contributed by atoms with van der Waals surface area (Å²) >= 11 is 0. The molecule has 7 nitrogen and oxygen atoms in total. The van der Waals surface area contributed by atoms with Gasteiger partial charge in [-0.2, -0.15) is 19.3 Å². The molecule has 0 amide bonds. The summed E-state index contributed by atoms with van der Waals surface area (Å²) in [4.78, 5) is 1.99. The van der Waals surface area contributed by atoms with E-state index >= 15 is 0 Å².